The molecule has 0 saturated heterocycles. The van der Waals surface area contributed by atoms with Crippen LogP contribution in [0.1, 0.15) is 78.6 Å². The summed E-state index contributed by atoms with van der Waals surface area (Å²) in [5, 5.41) is 21.3. The lowest BCUT2D eigenvalue weighted by molar-refractivity contribution is -0.150. The second kappa shape index (κ2) is 8.52. The Labute approximate surface area is 192 Å². The first-order valence-electron chi connectivity index (χ1n) is 12.4. The number of hydrogen-bond donors (Lipinski definition) is 3. The molecule has 0 amide bonds. The quantitative estimate of drug-likeness (QED) is 0.477. The largest absolute Gasteiger partial charge is 0.390 e. The summed E-state index contributed by atoms with van der Waals surface area (Å²) in [4.78, 5) is 14.1. The van der Waals surface area contributed by atoms with E-state index in [-0.39, 0.29) is 11.3 Å². The maximum Gasteiger partial charge on any atom is 0.155 e. The lowest BCUT2D eigenvalue weighted by Crippen LogP contribution is -2.55. The van der Waals surface area contributed by atoms with Gasteiger partial charge in [-0.15, -0.1) is 11.8 Å². The zero-order valence-corrected chi connectivity index (χ0v) is 20.7. The van der Waals surface area contributed by atoms with Crippen LogP contribution < -0.4 is 5.32 Å². The van der Waals surface area contributed by atoms with Gasteiger partial charge >= 0.3 is 0 Å². The standard InChI is InChI=1S/C26H42N2O2S/c1-24(30)11-12-25(2)17(13-24)5-6-19-20-7-8-22(26(20,3)10-9-21(19)25)23(29)16-28-15-18(14-27)31-4/h14-15,17,19-22,27-28,30H,5-13,16H2,1-4H3/b18-15+,27-14?/t17-,19-,20-,21-,22+,24+,25-,26-/m0/s1. The Morgan fingerprint density at radius 2 is 1.81 bits per heavy atom. The van der Waals surface area contributed by atoms with Gasteiger partial charge in [0.15, 0.2) is 5.78 Å². The van der Waals surface area contributed by atoms with Gasteiger partial charge in [0.1, 0.15) is 0 Å². The fourth-order valence-electron chi connectivity index (χ4n) is 8.50. The van der Waals surface area contributed by atoms with Crippen molar-refractivity contribution >= 4 is 23.8 Å². The first kappa shape index (κ1) is 23.4. The molecule has 8 atom stereocenters. The van der Waals surface area contributed by atoms with Crippen LogP contribution in [0.2, 0.25) is 0 Å². The molecule has 174 valence electrons. The summed E-state index contributed by atoms with van der Waals surface area (Å²) < 4.78 is 0. The summed E-state index contributed by atoms with van der Waals surface area (Å²) in [7, 11) is 0. The van der Waals surface area contributed by atoms with Gasteiger partial charge in [-0.25, -0.2) is 0 Å². The summed E-state index contributed by atoms with van der Waals surface area (Å²) in [5.41, 5.74) is 0.0547. The van der Waals surface area contributed by atoms with Crippen molar-refractivity contribution in [3.8, 4) is 0 Å². The number of ketones is 1. The second-order valence-corrected chi connectivity index (χ2v) is 12.7. The molecule has 4 fully saturated rings. The number of carbonyl (C=O) groups excluding carboxylic acids is 1. The lowest BCUT2D eigenvalue weighted by atomic mass is 9.44. The van der Waals surface area contributed by atoms with Crippen LogP contribution >= 0.6 is 11.8 Å². The average molecular weight is 447 g/mol. The van der Waals surface area contributed by atoms with Crippen molar-refractivity contribution in [2.24, 2.45) is 40.4 Å². The van der Waals surface area contributed by atoms with Gasteiger partial charge in [-0.2, -0.15) is 0 Å². The van der Waals surface area contributed by atoms with E-state index in [0.717, 1.165) is 36.0 Å². The molecule has 4 nitrogen and oxygen atoms in total. The molecule has 0 heterocycles. The summed E-state index contributed by atoms with van der Waals surface area (Å²) in [5.74, 6) is 3.41. The molecule has 0 aromatic rings. The fourth-order valence-corrected chi connectivity index (χ4v) is 8.81. The summed E-state index contributed by atoms with van der Waals surface area (Å²) in [6.07, 6.45) is 15.4. The Balaban J connectivity index is 1.46. The third kappa shape index (κ3) is 4.03. The van der Waals surface area contributed by atoms with Crippen LogP contribution in [0.4, 0.5) is 0 Å². The normalized spacial score (nSPS) is 47.1. The molecule has 0 aromatic carbocycles. The van der Waals surface area contributed by atoms with E-state index in [2.05, 4.69) is 19.2 Å². The zero-order valence-electron chi connectivity index (χ0n) is 19.9. The number of rotatable bonds is 6. The summed E-state index contributed by atoms with van der Waals surface area (Å²) in [6, 6.07) is 0. The molecule has 0 unspecified atom stereocenters. The molecular weight excluding hydrogens is 404 g/mol. The minimum absolute atomic E-state index is 0.150. The third-order valence-corrected chi connectivity index (χ3v) is 10.9. The van der Waals surface area contributed by atoms with E-state index in [1.54, 1.807) is 6.20 Å². The summed E-state index contributed by atoms with van der Waals surface area (Å²) in [6.45, 7) is 7.38. The molecule has 3 N–H and O–H groups in total. The molecule has 4 saturated carbocycles. The first-order valence-corrected chi connectivity index (χ1v) is 13.6. The maximum absolute atomic E-state index is 13.2. The van der Waals surface area contributed by atoms with Crippen LogP contribution in [0, 0.1) is 45.8 Å². The smallest absolute Gasteiger partial charge is 0.155 e. The summed E-state index contributed by atoms with van der Waals surface area (Å²) >= 11 is 1.52. The average Bonchev–Trinajstić information content (AvgIpc) is 3.09. The fraction of sp³-hybridized carbons (Fsp3) is 0.846. The highest BCUT2D eigenvalue weighted by Gasteiger charge is 2.61. The molecule has 31 heavy (non-hydrogen) atoms. The Morgan fingerprint density at radius 3 is 2.52 bits per heavy atom. The highest BCUT2D eigenvalue weighted by atomic mass is 32.2. The van der Waals surface area contributed by atoms with Crippen LogP contribution in [-0.4, -0.2) is 35.5 Å². The van der Waals surface area contributed by atoms with Gasteiger partial charge in [0.2, 0.25) is 0 Å². The highest BCUT2D eigenvalue weighted by molar-refractivity contribution is 8.03. The molecule has 5 heteroatoms. The van der Waals surface area contributed by atoms with Crippen molar-refractivity contribution in [2.45, 2.75) is 84.2 Å². The van der Waals surface area contributed by atoms with Gasteiger partial charge in [-0.05, 0) is 105 Å². The van der Waals surface area contributed by atoms with Crippen molar-refractivity contribution in [3.63, 3.8) is 0 Å². The van der Waals surface area contributed by atoms with E-state index in [0.29, 0.717) is 29.6 Å². The molecular formula is C26H42N2O2S. The van der Waals surface area contributed by atoms with E-state index in [9.17, 15) is 9.90 Å². The lowest BCUT2D eigenvalue weighted by Gasteiger charge is -2.61. The van der Waals surface area contributed by atoms with Crippen LogP contribution in [-0.2, 0) is 4.79 Å². The number of fused-ring (bicyclic) bond motifs is 5. The number of hydrogen-bond acceptors (Lipinski definition) is 5. The van der Waals surface area contributed by atoms with Crippen LogP contribution in [0.5, 0.6) is 0 Å². The van der Waals surface area contributed by atoms with Gasteiger partial charge in [0.05, 0.1) is 12.1 Å². The molecule has 0 bridgehead atoms. The number of carbonyl (C=O) groups is 1. The molecule has 4 rings (SSSR count). The number of aliphatic hydroxyl groups is 1. The zero-order chi connectivity index (χ0) is 22.4. The van der Waals surface area contributed by atoms with Crippen LogP contribution in [0.3, 0.4) is 0 Å². The van der Waals surface area contributed by atoms with Crippen molar-refractivity contribution in [1.82, 2.24) is 5.32 Å². The van der Waals surface area contributed by atoms with E-state index in [4.69, 9.17) is 5.41 Å². The van der Waals surface area contributed by atoms with Crippen molar-refractivity contribution in [2.75, 3.05) is 12.8 Å². The Morgan fingerprint density at radius 1 is 1.06 bits per heavy atom. The first-order chi connectivity index (χ1) is 14.6. The van der Waals surface area contributed by atoms with Crippen molar-refractivity contribution < 1.29 is 9.90 Å². The van der Waals surface area contributed by atoms with Gasteiger partial charge in [-0.1, -0.05) is 13.8 Å². The molecule has 0 radical (unpaired) electrons. The number of Topliss-reactive ketones (excluding diaryl/α,β-unsaturated/α-hetero) is 1. The van der Waals surface area contributed by atoms with Crippen molar-refractivity contribution in [3.05, 3.63) is 11.1 Å². The Hall–Kier alpha value is -0.810. The Bertz CT molecular complexity index is 750. The van der Waals surface area contributed by atoms with Gasteiger partial charge in [0.25, 0.3) is 0 Å². The Kier molecular flexibility index (Phi) is 6.42. The van der Waals surface area contributed by atoms with E-state index in [1.807, 2.05) is 13.2 Å². The van der Waals surface area contributed by atoms with E-state index < -0.39 is 5.60 Å². The van der Waals surface area contributed by atoms with E-state index >= 15 is 0 Å². The number of nitrogens with one attached hydrogen (secondary N) is 2. The SMILES string of the molecule is CS/C(C=N)=C/NCC(=O)[C@H]1CC[C@H]2[C@@H]3CC[C@H]4C[C@](C)(O)CC[C@]4(C)[C@H]3CC[C@]12C. The predicted molar refractivity (Wildman–Crippen MR) is 129 cm³/mol. The minimum atomic E-state index is -0.472. The van der Waals surface area contributed by atoms with Crippen molar-refractivity contribution in [1.29, 1.82) is 5.41 Å². The van der Waals surface area contributed by atoms with E-state index in [1.165, 1.54) is 56.5 Å². The number of thioether (sulfide) groups is 1. The highest BCUT2D eigenvalue weighted by Crippen LogP contribution is 2.68. The maximum atomic E-state index is 13.2. The molecule has 4 aliphatic carbocycles. The molecule has 0 aliphatic heterocycles. The third-order valence-electron chi connectivity index (χ3n) is 10.2. The van der Waals surface area contributed by atoms with Gasteiger partial charge in [0, 0.05) is 23.2 Å². The molecule has 0 aromatic heterocycles. The minimum Gasteiger partial charge on any atom is -0.390 e. The molecule has 4 aliphatic rings. The predicted octanol–water partition coefficient (Wildman–Crippen LogP) is 5.41. The van der Waals surface area contributed by atoms with Crippen LogP contribution in [0.15, 0.2) is 11.1 Å². The van der Waals surface area contributed by atoms with Gasteiger partial charge in [-0.3, -0.25) is 4.79 Å². The topological polar surface area (TPSA) is 73.2 Å². The second-order valence-electron chi connectivity index (χ2n) is 11.8. The number of allylic oxidation sites excluding steroid dienone is 1. The van der Waals surface area contributed by atoms with Crippen LogP contribution in [0.25, 0.3) is 0 Å². The monoisotopic (exact) mass is 446 g/mol. The van der Waals surface area contributed by atoms with Gasteiger partial charge < -0.3 is 15.8 Å². The molecule has 0 spiro atoms.